The molecule has 0 atom stereocenters. The molecule has 0 fully saturated rings. The van der Waals surface area contributed by atoms with Crippen LogP contribution in [0.3, 0.4) is 0 Å². The highest BCUT2D eigenvalue weighted by Gasteiger charge is 2.11. The van der Waals surface area contributed by atoms with Crippen LogP contribution in [-0.2, 0) is 11.2 Å². The molecule has 2 aromatic carbocycles. The van der Waals surface area contributed by atoms with Gasteiger partial charge in [-0.05, 0) is 23.8 Å². The van der Waals surface area contributed by atoms with Gasteiger partial charge in [0.15, 0.2) is 0 Å². The maximum absolute atomic E-state index is 12.8. The number of benzene rings is 2. The lowest BCUT2D eigenvalue weighted by molar-refractivity contribution is -0.120. The lowest BCUT2D eigenvalue weighted by Gasteiger charge is -2.09. The number of hydrogen-bond donors (Lipinski definition) is 3. The Kier molecular flexibility index (Phi) is 5.61. The van der Waals surface area contributed by atoms with E-state index in [4.69, 9.17) is 0 Å². The number of amides is 2. The summed E-state index contributed by atoms with van der Waals surface area (Å²) < 4.78 is 12.8. The van der Waals surface area contributed by atoms with Gasteiger partial charge in [-0.3, -0.25) is 14.4 Å². The molecule has 2 amide bonds. The Balaban J connectivity index is 1.52. The minimum atomic E-state index is -0.384. The molecule has 1 heterocycles. The van der Waals surface area contributed by atoms with E-state index in [0.29, 0.717) is 16.5 Å². The third-order valence-corrected chi connectivity index (χ3v) is 4.01. The highest BCUT2D eigenvalue weighted by Crippen LogP contribution is 2.14. The van der Waals surface area contributed by atoms with Crippen molar-refractivity contribution in [2.45, 2.75) is 6.42 Å². The van der Waals surface area contributed by atoms with Crippen molar-refractivity contribution in [3.8, 4) is 0 Å². The molecule has 3 rings (SSSR count). The van der Waals surface area contributed by atoms with Crippen molar-refractivity contribution in [2.24, 2.45) is 0 Å². The molecule has 1 aromatic heterocycles. The maximum atomic E-state index is 12.8. The highest BCUT2D eigenvalue weighted by atomic mass is 19.1. The van der Waals surface area contributed by atoms with Crippen LogP contribution in [0, 0.1) is 5.82 Å². The summed E-state index contributed by atoms with van der Waals surface area (Å²) in [5, 5.41) is 6.02. The molecule has 0 unspecified atom stereocenters. The number of H-pyrrole nitrogens is 1. The summed E-state index contributed by atoms with van der Waals surface area (Å²) in [4.78, 5) is 38.6. The van der Waals surface area contributed by atoms with Crippen LogP contribution in [-0.4, -0.2) is 29.9 Å². The van der Waals surface area contributed by atoms with Gasteiger partial charge in [0.25, 0.3) is 5.91 Å². The zero-order chi connectivity index (χ0) is 19.2. The first-order valence-electron chi connectivity index (χ1n) is 8.44. The van der Waals surface area contributed by atoms with E-state index in [-0.39, 0.29) is 48.3 Å². The fourth-order valence-electron chi connectivity index (χ4n) is 2.72. The van der Waals surface area contributed by atoms with E-state index >= 15 is 0 Å². The summed E-state index contributed by atoms with van der Waals surface area (Å²) in [6.45, 7) is 0.460. The predicted octanol–water partition coefficient (Wildman–Crippen LogP) is 1.76. The largest absolute Gasteiger partial charge is 0.354 e. The number of aromatic amines is 1. The number of fused-ring (bicyclic) bond motifs is 1. The summed E-state index contributed by atoms with van der Waals surface area (Å²) in [5.74, 6) is -0.961. The van der Waals surface area contributed by atoms with Crippen molar-refractivity contribution in [1.29, 1.82) is 0 Å². The molecular formula is C20H18FN3O3. The molecule has 0 aliphatic heterocycles. The van der Waals surface area contributed by atoms with Crippen LogP contribution in [0.15, 0.2) is 59.4 Å². The van der Waals surface area contributed by atoms with E-state index in [1.54, 1.807) is 36.4 Å². The second-order valence-corrected chi connectivity index (χ2v) is 6.00. The number of carbonyl (C=O) groups is 2. The number of carbonyl (C=O) groups excluding carboxylic acids is 2. The van der Waals surface area contributed by atoms with Crippen molar-refractivity contribution in [1.82, 2.24) is 15.6 Å². The van der Waals surface area contributed by atoms with Crippen molar-refractivity contribution in [2.75, 3.05) is 13.1 Å². The van der Waals surface area contributed by atoms with Gasteiger partial charge in [0.05, 0.1) is 12.0 Å². The number of aromatic nitrogens is 1. The summed E-state index contributed by atoms with van der Waals surface area (Å²) in [5.41, 5.74) is 1.22. The van der Waals surface area contributed by atoms with Crippen molar-refractivity contribution >= 4 is 22.7 Å². The fourth-order valence-corrected chi connectivity index (χ4v) is 2.72. The van der Waals surface area contributed by atoms with E-state index < -0.39 is 0 Å². The second-order valence-electron chi connectivity index (χ2n) is 6.00. The van der Waals surface area contributed by atoms with Gasteiger partial charge in [0.2, 0.25) is 11.5 Å². The molecule has 0 aliphatic carbocycles. The van der Waals surface area contributed by atoms with Crippen LogP contribution in [0.25, 0.3) is 10.9 Å². The van der Waals surface area contributed by atoms with E-state index in [2.05, 4.69) is 15.6 Å². The first kappa shape index (κ1) is 18.3. The zero-order valence-electron chi connectivity index (χ0n) is 14.4. The fraction of sp³-hybridized carbons (Fsp3) is 0.150. The number of nitrogens with one attached hydrogen (secondary N) is 3. The third kappa shape index (κ3) is 4.78. The van der Waals surface area contributed by atoms with Crippen LogP contribution in [0.4, 0.5) is 4.39 Å². The van der Waals surface area contributed by atoms with Crippen LogP contribution in [0.2, 0.25) is 0 Å². The Morgan fingerprint density at radius 1 is 0.963 bits per heavy atom. The lowest BCUT2D eigenvalue weighted by atomic mass is 10.1. The molecule has 0 spiro atoms. The lowest BCUT2D eigenvalue weighted by Crippen LogP contribution is -2.35. The zero-order valence-corrected chi connectivity index (χ0v) is 14.4. The molecule has 0 saturated carbocycles. The third-order valence-electron chi connectivity index (χ3n) is 4.01. The normalized spacial score (nSPS) is 10.6. The smallest absolute Gasteiger partial charge is 0.252 e. The number of rotatable bonds is 6. The number of halogens is 1. The van der Waals surface area contributed by atoms with Gasteiger partial charge in [-0.1, -0.05) is 30.3 Å². The highest BCUT2D eigenvalue weighted by molar-refractivity contribution is 6.05. The van der Waals surface area contributed by atoms with E-state index in [1.807, 2.05) is 0 Å². The molecule has 0 bridgehead atoms. The van der Waals surface area contributed by atoms with Crippen LogP contribution in [0.5, 0.6) is 0 Å². The second kappa shape index (κ2) is 8.27. The summed E-state index contributed by atoms with van der Waals surface area (Å²) in [6, 6.07) is 14.0. The summed E-state index contributed by atoms with van der Waals surface area (Å²) in [7, 11) is 0. The molecule has 0 saturated heterocycles. The standard InChI is InChI=1S/C20H18FN3O3/c21-14-7-5-13(6-8-14)11-18(25)22-9-10-23-20(27)16-12-19(26)24-17-4-2-1-3-15(16)17/h1-8,12H,9-11H2,(H,22,25)(H,23,27)(H,24,26). The van der Waals surface area contributed by atoms with Crippen LogP contribution in [0.1, 0.15) is 15.9 Å². The Bertz CT molecular complexity index is 1030. The predicted molar refractivity (Wildman–Crippen MR) is 100 cm³/mol. The Morgan fingerprint density at radius 3 is 2.44 bits per heavy atom. The monoisotopic (exact) mass is 367 g/mol. The molecular weight excluding hydrogens is 349 g/mol. The molecule has 6 nitrogen and oxygen atoms in total. The summed E-state index contributed by atoms with van der Waals surface area (Å²) in [6.07, 6.45) is 0.132. The quantitative estimate of drug-likeness (QED) is 0.580. The minimum Gasteiger partial charge on any atom is -0.354 e. The van der Waals surface area contributed by atoms with E-state index in [1.165, 1.54) is 18.2 Å². The van der Waals surface area contributed by atoms with Crippen molar-refractivity contribution in [3.63, 3.8) is 0 Å². The molecule has 27 heavy (non-hydrogen) atoms. The van der Waals surface area contributed by atoms with Crippen LogP contribution < -0.4 is 16.2 Å². The Hall–Kier alpha value is -3.48. The average molecular weight is 367 g/mol. The molecule has 3 aromatic rings. The Morgan fingerprint density at radius 2 is 1.67 bits per heavy atom. The van der Waals surface area contributed by atoms with Crippen molar-refractivity contribution < 1.29 is 14.0 Å². The number of hydrogen-bond acceptors (Lipinski definition) is 3. The molecule has 138 valence electrons. The van der Waals surface area contributed by atoms with E-state index in [9.17, 15) is 18.8 Å². The molecule has 3 N–H and O–H groups in total. The number of pyridine rings is 1. The Labute approximate surface area is 154 Å². The first-order chi connectivity index (χ1) is 13.0. The van der Waals surface area contributed by atoms with Gasteiger partial charge in [-0.25, -0.2) is 4.39 Å². The molecule has 0 radical (unpaired) electrons. The molecule has 7 heteroatoms. The van der Waals surface area contributed by atoms with Gasteiger partial charge in [-0.2, -0.15) is 0 Å². The SMILES string of the molecule is O=C(Cc1ccc(F)cc1)NCCNC(=O)c1cc(=O)[nH]c2ccccc12. The van der Waals surface area contributed by atoms with E-state index in [0.717, 1.165) is 0 Å². The average Bonchev–Trinajstić information content (AvgIpc) is 2.66. The van der Waals surface area contributed by atoms with Crippen LogP contribution >= 0.6 is 0 Å². The first-order valence-corrected chi connectivity index (χ1v) is 8.44. The summed E-state index contributed by atoms with van der Waals surface area (Å²) >= 11 is 0. The molecule has 0 aliphatic rings. The topological polar surface area (TPSA) is 91.1 Å². The number of para-hydroxylation sites is 1. The van der Waals surface area contributed by atoms with Gasteiger partial charge in [0.1, 0.15) is 5.82 Å². The van der Waals surface area contributed by atoms with Crippen molar-refractivity contribution in [3.05, 3.63) is 81.9 Å². The van der Waals surface area contributed by atoms with Gasteiger partial charge < -0.3 is 15.6 Å². The van der Waals surface area contributed by atoms with Gasteiger partial charge in [-0.15, -0.1) is 0 Å². The van der Waals surface area contributed by atoms with Gasteiger partial charge >= 0.3 is 0 Å². The maximum Gasteiger partial charge on any atom is 0.252 e. The minimum absolute atomic E-state index is 0.132. The van der Waals surface area contributed by atoms with Gasteiger partial charge in [0, 0.05) is 30.1 Å².